The van der Waals surface area contributed by atoms with E-state index < -0.39 is 35.6 Å². The number of rotatable bonds is 4. The zero-order chi connectivity index (χ0) is 17.9. The number of pyridine rings is 1. The number of alkyl halides is 3. The van der Waals surface area contributed by atoms with Crippen LogP contribution >= 0.6 is 0 Å². The van der Waals surface area contributed by atoms with E-state index in [-0.39, 0.29) is 11.4 Å². The van der Waals surface area contributed by atoms with Crippen LogP contribution in [0.3, 0.4) is 0 Å². The van der Waals surface area contributed by atoms with Crippen LogP contribution in [-0.4, -0.2) is 17.6 Å². The minimum absolute atomic E-state index is 0.0414. The van der Waals surface area contributed by atoms with Gasteiger partial charge in [0.1, 0.15) is 23.7 Å². The minimum Gasteiger partial charge on any atom is -0.494 e. The van der Waals surface area contributed by atoms with Crippen LogP contribution in [-0.2, 0) is 17.5 Å². The molecule has 0 radical (unpaired) electrons. The normalized spacial score (nSPS) is 11.2. The van der Waals surface area contributed by atoms with E-state index in [2.05, 4.69) is 5.32 Å². The van der Waals surface area contributed by atoms with Gasteiger partial charge in [0, 0.05) is 12.3 Å². The van der Waals surface area contributed by atoms with Crippen molar-refractivity contribution in [3.8, 4) is 5.75 Å². The average molecular weight is 344 g/mol. The van der Waals surface area contributed by atoms with E-state index in [0.717, 1.165) is 24.4 Å². The number of anilines is 1. The number of benzene rings is 1. The number of amides is 1. The maximum absolute atomic E-state index is 13.1. The molecule has 0 saturated carbocycles. The first kappa shape index (κ1) is 17.5. The molecule has 9 heteroatoms. The van der Waals surface area contributed by atoms with Gasteiger partial charge in [-0.25, -0.2) is 4.39 Å². The molecular formula is C15H12F4N2O3. The first-order valence-corrected chi connectivity index (χ1v) is 6.62. The molecule has 0 unspecified atom stereocenters. The lowest BCUT2D eigenvalue weighted by molar-refractivity contribution is -0.139. The average Bonchev–Trinajstić information content (AvgIpc) is 2.50. The Balaban J connectivity index is 2.21. The van der Waals surface area contributed by atoms with Crippen LogP contribution < -0.4 is 15.6 Å². The molecule has 1 heterocycles. The fraction of sp³-hybridized carbons (Fsp3) is 0.200. The summed E-state index contributed by atoms with van der Waals surface area (Å²) in [6, 6.07) is 5.01. The van der Waals surface area contributed by atoms with Crippen molar-refractivity contribution in [3.63, 3.8) is 0 Å². The summed E-state index contributed by atoms with van der Waals surface area (Å²) < 4.78 is 56.7. The van der Waals surface area contributed by atoms with Gasteiger partial charge in [-0.15, -0.1) is 0 Å². The molecule has 2 rings (SSSR count). The topological polar surface area (TPSA) is 60.3 Å². The van der Waals surface area contributed by atoms with Crippen LogP contribution in [0.1, 0.15) is 5.56 Å². The van der Waals surface area contributed by atoms with E-state index in [9.17, 15) is 27.2 Å². The van der Waals surface area contributed by atoms with Gasteiger partial charge in [-0.1, -0.05) is 0 Å². The molecule has 0 saturated heterocycles. The number of aromatic nitrogens is 1. The summed E-state index contributed by atoms with van der Waals surface area (Å²) in [5, 5.41) is 2.35. The van der Waals surface area contributed by atoms with Crippen LogP contribution in [0.15, 0.2) is 41.3 Å². The number of carbonyl (C=O) groups is 1. The molecule has 1 N–H and O–H groups in total. The second-order valence-corrected chi connectivity index (χ2v) is 4.75. The highest BCUT2D eigenvalue weighted by atomic mass is 19.4. The smallest absolute Gasteiger partial charge is 0.421 e. The third-order valence-corrected chi connectivity index (χ3v) is 3.08. The van der Waals surface area contributed by atoms with Crippen LogP contribution in [0.4, 0.5) is 23.2 Å². The largest absolute Gasteiger partial charge is 0.494 e. The van der Waals surface area contributed by atoms with Gasteiger partial charge in [0.2, 0.25) is 5.91 Å². The first-order chi connectivity index (χ1) is 11.2. The molecule has 128 valence electrons. The zero-order valence-corrected chi connectivity index (χ0v) is 12.4. The van der Waals surface area contributed by atoms with Gasteiger partial charge in [-0.05, 0) is 24.3 Å². The Kier molecular flexibility index (Phi) is 4.91. The molecule has 1 aromatic carbocycles. The molecule has 2 aromatic rings. The fourth-order valence-corrected chi connectivity index (χ4v) is 1.99. The lowest BCUT2D eigenvalue weighted by Gasteiger charge is -2.12. The standard InChI is InChI=1S/C15H12F4N2O3/c1-24-12-7-9(16)4-5-11(12)20-13(22)8-21-6-2-3-10(14(21)23)15(17,18)19/h2-7H,8H2,1H3,(H,20,22). The predicted octanol–water partition coefficient (Wildman–Crippen LogP) is 2.65. The van der Waals surface area contributed by atoms with Gasteiger partial charge < -0.3 is 14.6 Å². The Labute approximate surface area is 133 Å². The van der Waals surface area contributed by atoms with Crippen molar-refractivity contribution in [1.82, 2.24) is 4.57 Å². The summed E-state index contributed by atoms with van der Waals surface area (Å²) >= 11 is 0. The van der Waals surface area contributed by atoms with Crippen molar-refractivity contribution in [3.05, 3.63) is 58.3 Å². The van der Waals surface area contributed by atoms with E-state index in [1.807, 2.05) is 0 Å². The summed E-state index contributed by atoms with van der Waals surface area (Å²) in [7, 11) is 1.27. The molecule has 0 aliphatic carbocycles. The molecule has 1 amide bonds. The van der Waals surface area contributed by atoms with Crippen LogP contribution in [0.25, 0.3) is 0 Å². The minimum atomic E-state index is -4.81. The van der Waals surface area contributed by atoms with Gasteiger partial charge in [0.25, 0.3) is 5.56 Å². The van der Waals surface area contributed by atoms with Gasteiger partial charge in [-0.3, -0.25) is 9.59 Å². The molecule has 5 nitrogen and oxygen atoms in total. The monoisotopic (exact) mass is 344 g/mol. The van der Waals surface area contributed by atoms with Gasteiger partial charge in [-0.2, -0.15) is 13.2 Å². The third-order valence-electron chi connectivity index (χ3n) is 3.08. The Morgan fingerprint density at radius 2 is 2.00 bits per heavy atom. The second-order valence-electron chi connectivity index (χ2n) is 4.75. The number of carbonyl (C=O) groups excluding carboxylic acids is 1. The number of halogens is 4. The number of hydrogen-bond donors (Lipinski definition) is 1. The quantitative estimate of drug-likeness (QED) is 0.868. The van der Waals surface area contributed by atoms with Crippen molar-refractivity contribution in [1.29, 1.82) is 0 Å². The molecule has 0 atom stereocenters. The summed E-state index contributed by atoms with van der Waals surface area (Å²) in [6.07, 6.45) is -3.74. The zero-order valence-electron chi connectivity index (χ0n) is 12.4. The Bertz CT molecular complexity index is 815. The van der Waals surface area contributed by atoms with Crippen molar-refractivity contribution in [2.24, 2.45) is 0 Å². The van der Waals surface area contributed by atoms with E-state index >= 15 is 0 Å². The highest BCUT2D eigenvalue weighted by Crippen LogP contribution is 2.26. The van der Waals surface area contributed by atoms with Gasteiger partial charge in [0.05, 0.1) is 12.8 Å². The number of hydrogen-bond acceptors (Lipinski definition) is 3. The predicted molar refractivity (Wildman–Crippen MR) is 77.3 cm³/mol. The van der Waals surface area contributed by atoms with Crippen molar-refractivity contribution in [2.45, 2.75) is 12.7 Å². The SMILES string of the molecule is COc1cc(F)ccc1NC(=O)Cn1cccc(C(F)(F)F)c1=O. The van der Waals surface area contributed by atoms with Crippen molar-refractivity contribution < 1.29 is 27.1 Å². The first-order valence-electron chi connectivity index (χ1n) is 6.62. The Morgan fingerprint density at radius 3 is 2.62 bits per heavy atom. The molecule has 0 fully saturated rings. The van der Waals surface area contributed by atoms with Crippen LogP contribution in [0.2, 0.25) is 0 Å². The molecule has 0 bridgehead atoms. The summed E-state index contributed by atoms with van der Waals surface area (Å²) in [4.78, 5) is 23.7. The van der Waals surface area contributed by atoms with E-state index in [0.29, 0.717) is 10.6 Å². The summed E-state index contributed by atoms with van der Waals surface area (Å²) in [6.45, 7) is -0.636. The molecule has 0 spiro atoms. The van der Waals surface area contributed by atoms with Gasteiger partial charge >= 0.3 is 6.18 Å². The van der Waals surface area contributed by atoms with Crippen LogP contribution in [0, 0.1) is 5.82 Å². The highest BCUT2D eigenvalue weighted by Gasteiger charge is 2.34. The van der Waals surface area contributed by atoms with Crippen molar-refractivity contribution in [2.75, 3.05) is 12.4 Å². The van der Waals surface area contributed by atoms with E-state index in [1.54, 1.807) is 0 Å². The molecular weight excluding hydrogens is 332 g/mol. The maximum atomic E-state index is 13.1. The molecule has 1 aromatic heterocycles. The van der Waals surface area contributed by atoms with E-state index in [1.165, 1.54) is 13.2 Å². The lowest BCUT2D eigenvalue weighted by Crippen LogP contribution is -2.32. The van der Waals surface area contributed by atoms with Gasteiger partial charge in [0.15, 0.2) is 0 Å². The summed E-state index contributed by atoms with van der Waals surface area (Å²) in [5.41, 5.74) is -2.56. The number of nitrogens with one attached hydrogen (secondary N) is 1. The molecule has 24 heavy (non-hydrogen) atoms. The number of nitrogens with zero attached hydrogens (tertiary/aromatic N) is 1. The van der Waals surface area contributed by atoms with Crippen LogP contribution in [0.5, 0.6) is 5.75 Å². The lowest BCUT2D eigenvalue weighted by atomic mass is 10.2. The third kappa shape index (κ3) is 3.92. The number of ether oxygens (including phenoxy) is 1. The maximum Gasteiger partial charge on any atom is 0.421 e. The second kappa shape index (κ2) is 6.73. The van der Waals surface area contributed by atoms with Crippen molar-refractivity contribution >= 4 is 11.6 Å². The fourth-order valence-electron chi connectivity index (χ4n) is 1.99. The Hall–Kier alpha value is -2.84. The highest BCUT2D eigenvalue weighted by molar-refractivity contribution is 5.92. The Morgan fingerprint density at radius 1 is 1.29 bits per heavy atom. The summed E-state index contributed by atoms with van der Waals surface area (Å²) in [5.74, 6) is -1.31. The number of methoxy groups -OCH3 is 1. The van der Waals surface area contributed by atoms with E-state index in [4.69, 9.17) is 4.74 Å². The molecule has 0 aliphatic heterocycles. The molecule has 0 aliphatic rings.